The van der Waals surface area contributed by atoms with Crippen LogP contribution in [0.15, 0.2) is 0 Å². The molecule has 0 heterocycles. The topological polar surface area (TPSA) is 29.1 Å². The maximum Gasteiger partial charge on any atom is 0.152 e. The first-order valence-corrected chi connectivity index (χ1v) is 2.31. The van der Waals surface area contributed by atoms with Crippen molar-refractivity contribution in [3.63, 3.8) is 0 Å². The normalized spacial score (nSPS) is 16.1. The average molecular weight is 111 g/mol. The lowest BCUT2D eigenvalue weighted by atomic mass is 10.1. The molecule has 0 unspecified atom stereocenters. The zero-order chi connectivity index (χ0) is 6.62. The Morgan fingerprint density at radius 1 is 1.88 bits per heavy atom. The van der Waals surface area contributed by atoms with E-state index in [-0.39, 0.29) is 0 Å². The molecule has 0 aliphatic heterocycles. The van der Waals surface area contributed by atoms with Crippen LogP contribution in [0.25, 0.3) is 0 Å². The average Bonchev–Trinajstić information content (AvgIpc) is 1.87. The third kappa shape index (κ3) is 1.36. The van der Waals surface area contributed by atoms with Crippen LogP contribution in [0.5, 0.6) is 0 Å². The van der Waals surface area contributed by atoms with E-state index < -0.39 is 5.54 Å². The monoisotopic (exact) mass is 111 g/mol. The zero-order valence-electron chi connectivity index (χ0n) is 5.06. The van der Waals surface area contributed by atoms with E-state index in [0.29, 0.717) is 6.29 Å². The van der Waals surface area contributed by atoms with E-state index in [4.69, 9.17) is 6.42 Å². The zero-order valence-corrected chi connectivity index (χ0v) is 5.06. The predicted octanol–water partition coefficient (Wildman–Crippen LogP) is -0.203. The van der Waals surface area contributed by atoms with Gasteiger partial charge in [0.15, 0.2) is 6.29 Å². The summed E-state index contributed by atoms with van der Waals surface area (Å²) >= 11 is 0. The van der Waals surface area contributed by atoms with E-state index in [1.807, 2.05) is 0 Å². The highest BCUT2D eigenvalue weighted by Gasteiger charge is 2.14. The van der Waals surface area contributed by atoms with E-state index in [1.54, 1.807) is 14.0 Å². The van der Waals surface area contributed by atoms with E-state index in [9.17, 15) is 4.79 Å². The molecule has 0 rings (SSSR count). The number of hydrogen-bond acceptors (Lipinski definition) is 2. The lowest BCUT2D eigenvalue weighted by Gasteiger charge is -2.12. The van der Waals surface area contributed by atoms with Crippen molar-refractivity contribution in [2.24, 2.45) is 0 Å². The van der Waals surface area contributed by atoms with Crippen molar-refractivity contribution in [3.8, 4) is 12.3 Å². The van der Waals surface area contributed by atoms with Crippen LogP contribution in [-0.2, 0) is 4.79 Å². The second kappa shape index (κ2) is 2.49. The van der Waals surface area contributed by atoms with Crippen LogP contribution in [0, 0.1) is 12.3 Å². The first-order chi connectivity index (χ1) is 3.68. The van der Waals surface area contributed by atoms with Crippen LogP contribution in [0.1, 0.15) is 6.92 Å². The molecule has 1 atom stereocenters. The largest absolute Gasteiger partial charge is 0.300 e. The Labute approximate surface area is 49.3 Å². The number of aldehydes is 1. The molecule has 2 nitrogen and oxygen atoms in total. The second-order valence-corrected chi connectivity index (χ2v) is 1.71. The number of carbonyl (C=O) groups excluding carboxylic acids is 1. The van der Waals surface area contributed by atoms with Crippen LogP contribution in [-0.4, -0.2) is 18.9 Å². The molecular weight excluding hydrogens is 102 g/mol. The third-order valence-electron chi connectivity index (χ3n) is 1.05. The Morgan fingerprint density at radius 2 is 2.38 bits per heavy atom. The Balaban J connectivity index is 4.03. The fourth-order valence-electron chi connectivity index (χ4n) is 0.165. The minimum absolute atomic E-state index is 0.701. The predicted molar refractivity (Wildman–Crippen MR) is 32.4 cm³/mol. The summed E-state index contributed by atoms with van der Waals surface area (Å²) < 4.78 is 0. The highest BCUT2D eigenvalue weighted by atomic mass is 16.1. The van der Waals surface area contributed by atoms with E-state index in [1.165, 1.54) is 0 Å². The summed E-state index contributed by atoms with van der Waals surface area (Å²) in [4.78, 5) is 10.1. The Kier molecular flexibility index (Phi) is 2.23. The maximum absolute atomic E-state index is 10.1. The summed E-state index contributed by atoms with van der Waals surface area (Å²) in [5.74, 6) is 2.30. The van der Waals surface area contributed by atoms with E-state index in [0.717, 1.165) is 0 Å². The minimum atomic E-state index is -0.778. The Morgan fingerprint density at radius 3 is 2.38 bits per heavy atom. The molecule has 0 spiro atoms. The van der Waals surface area contributed by atoms with Gasteiger partial charge in [-0.15, -0.1) is 6.42 Å². The number of terminal acetylenes is 1. The first kappa shape index (κ1) is 7.19. The molecule has 0 fully saturated rings. The molecule has 0 amide bonds. The van der Waals surface area contributed by atoms with Crippen molar-refractivity contribution in [1.82, 2.24) is 5.32 Å². The molecule has 0 aromatic rings. The molecule has 0 aliphatic rings. The SMILES string of the molecule is C#C[C@@](C)(C=O)NC. The van der Waals surface area contributed by atoms with Crippen LogP contribution in [0.3, 0.4) is 0 Å². The van der Waals surface area contributed by atoms with Crippen LogP contribution < -0.4 is 5.32 Å². The van der Waals surface area contributed by atoms with Gasteiger partial charge in [0.1, 0.15) is 5.54 Å². The van der Waals surface area contributed by atoms with Gasteiger partial charge < -0.3 is 4.79 Å². The molecule has 0 saturated carbocycles. The Bertz CT molecular complexity index is 125. The van der Waals surface area contributed by atoms with Gasteiger partial charge in [0, 0.05) is 0 Å². The minimum Gasteiger partial charge on any atom is -0.300 e. The van der Waals surface area contributed by atoms with Crippen molar-refractivity contribution < 1.29 is 4.79 Å². The highest BCUT2D eigenvalue weighted by Crippen LogP contribution is 1.92. The maximum atomic E-state index is 10.1. The van der Waals surface area contributed by atoms with Crippen molar-refractivity contribution in [2.75, 3.05) is 7.05 Å². The van der Waals surface area contributed by atoms with Crippen LogP contribution >= 0.6 is 0 Å². The standard InChI is InChI=1S/C6H9NO/c1-4-6(2,5-8)7-3/h1,5,7H,2-3H3/t6-/m0/s1. The van der Waals surface area contributed by atoms with Gasteiger partial charge in [-0.25, -0.2) is 0 Å². The number of likely N-dealkylation sites (N-methyl/N-ethyl adjacent to an activating group) is 1. The number of rotatable bonds is 2. The summed E-state index contributed by atoms with van der Waals surface area (Å²) in [7, 11) is 1.65. The molecule has 0 radical (unpaired) electrons. The molecule has 0 aromatic heterocycles. The van der Waals surface area contributed by atoms with Crippen LogP contribution in [0.2, 0.25) is 0 Å². The molecule has 0 aromatic carbocycles. The van der Waals surface area contributed by atoms with Gasteiger partial charge in [-0.3, -0.25) is 5.32 Å². The number of carbonyl (C=O) groups is 1. The van der Waals surface area contributed by atoms with Gasteiger partial charge in [-0.2, -0.15) is 0 Å². The summed E-state index contributed by atoms with van der Waals surface area (Å²) in [6.45, 7) is 1.64. The fourth-order valence-corrected chi connectivity index (χ4v) is 0.165. The summed E-state index contributed by atoms with van der Waals surface area (Å²) in [6.07, 6.45) is 5.69. The fraction of sp³-hybridized carbons (Fsp3) is 0.500. The lowest BCUT2D eigenvalue weighted by molar-refractivity contribution is -0.110. The van der Waals surface area contributed by atoms with Crippen molar-refractivity contribution in [1.29, 1.82) is 0 Å². The smallest absolute Gasteiger partial charge is 0.152 e. The van der Waals surface area contributed by atoms with E-state index >= 15 is 0 Å². The second-order valence-electron chi connectivity index (χ2n) is 1.71. The third-order valence-corrected chi connectivity index (χ3v) is 1.05. The molecule has 1 N–H and O–H groups in total. The van der Waals surface area contributed by atoms with Gasteiger partial charge in [0.25, 0.3) is 0 Å². The highest BCUT2D eigenvalue weighted by molar-refractivity contribution is 5.68. The molecule has 44 valence electrons. The number of hydrogen-bond donors (Lipinski definition) is 1. The van der Waals surface area contributed by atoms with Gasteiger partial charge in [-0.1, -0.05) is 5.92 Å². The molecule has 0 aliphatic carbocycles. The van der Waals surface area contributed by atoms with Gasteiger partial charge in [0.2, 0.25) is 0 Å². The van der Waals surface area contributed by atoms with E-state index in [2.05, 4.69) is 11.2 Å². The summed E-state index contributed by atoms with van der Waals surface area (Å²) in [5.41, 5.74) is -0.778. The van der Waals surface area contributed by atoms with Crippen molar-refractivity contribution in [3.05, 3.63) is 0 Å². The summed E-state index contributed by atoms with van der Waals surface area (Å²) in [5, 5.41) is 2.67. The van der Waals surface area contributed by atoms with Gasteiger partial charge in [0.05, 0.1) is 0 Å². The Hall–Kier alpha value is -0.810. The molecular formula is C6H9NO. The van der Waals surface area contributed by atoms with Crippen molar-refractivity contribution in [2.45, 2.75) is 12.5 Å². The van der Waals surface area contributed by atoms with Gasteiger partial charge >= 0.3 is 0 Å². The van der Waals surface area contributed by atoms with Crippen molar-refractivity contribution >= 4 is 6.29 Å². The number of nitrogens with one attached hydrogen (secondary N) is 1. The molecule has 2 heteroatoms. The quantitative estimate of drug-likeness (QED) is 0.395. The first-order valence-electron chi connectivity index (χ1n) is 2.31. The molecule has 0 bridgehead atoms. The summed E-state index contributed by atoms with van der Waals surface area (Å²) in [6, 6.07) is 0. The van der Waals surface area contributed by atoms with Crippen LogP contribution in [0.4, 0.5) is 0 Å². The lowest BCUT2D eigenvalue weighted by Crippen LogP contribution is -2.39. The van der Waals surface area contributed by atoms with Gasteiger partial charge in [-0.05, 0) is 14.0 Å². The molecule has 0 saturated heterocycles. The molecule has 8 heavy (non-hydrogen) atoms.